The lowest BCUT2D eigenvalue weighted by Crippen LogP contribution is -2.10. The van der Waals surface area contributed by atoms with Gasteiger partial charge in [0.05, 0.1) is 0 Å². The van der Waals surface area contributed by atoms with Gasteiger partial charge in [0.2, 0.25) is 0 Å². The van der Waals surface area contributed by atoms with Crippen molar-refractivity contribution >= 4 is 15.9 Å². The highest BCUT2D eigenvalue weighted by atomic mass is 79.9. The Morgan fingerprint density at radius 2 is 1.92 bits per heavy atom. The van der Waals surface area contributed by atoms with Crippen molar-refractivity contribution in [3.8, 4) is 0 Å². The molecule has 1 aromatic carbocycles. The van der Waals surface area contributed by atoms with Gasteiger partial charge >= 0.3 is 0 Å². The van der Waals surface area contributed by atoms with E-state index in [0.29, 0.717) is 5.41 Å². The third-order valence-corrected chi connectivity index (χ3v) is 3.59. The maximum Gasteiger partial charge on any atom is 0.0248 e. The number of rotatable bonds is 3. The normalized spacial score (nSPS) is 18.2. The molecule has 0 nitrogen and oxygen atoms in total. The van der Waals surface area contributed by atoms with E-state index in [2.05, 4.69) is 52.8 Å². The average Bonchev–Trinajstić information content (AvgIpc) is 2.99. The van der Waals surface area contributed by atoms with Crippen LogP contribution in [-0.4, -0.2) is 5.33 Å². The first-order valence-corrected chi connectivity index (χ1v) is 5.71. The molecule has 0 atom stereocenters. The number of allylic oxidation sites excluding steroid dienone is 1. The summed E-state index contributed by atoms with van der Waals surface area (Å²) >= 11 is 3.49. The lowest BCUT2D eigenvalue weighted by atomic mass is 9.90. The van der Waals surface area contributed by atoms with Crippen LogP contribution in [0.3, 0.4) is 0 Å². The minimum atomic E-state index is 0.310. The Morgan fingerprint density at radius 3 is 2.38 bits per heavy atom. The fourth-order valence-electron chi connectivity index (χ4n) is 1.86. The van der Waals surface area contributed by atoms with E-state index < -0.39 is 0 Å². The Bertz CT molecular complexity index is 309. The Kier molecular flexibility index (Phi) is 2.29. The molecule has 1 aromatic rings. The van der Waals surface area contributed by atoms with Crippen LogP contribution in [-0.2, 0) is 5.41 Å². The van der Waals surface area contributed by atoms with Crippen LogP contribution >= 0.6 is 15.9 Å². The monoisotopic (exact) mass is 236 g/mol. The van der Waals surface area contributed by atoms with E-state index in [1.807, 2.05) is 0 Å². The van der Waals surface area contributed by atoms with E-state index in [1.165, 1.54) is 24.0 Å². The zero-order chi connectivity index (χ0) is 9.31. The molecule has 0 heterocycles. The lowest BCUT2D eigenvalue weighted by molar-refractivity contribution is 0.831. The Hall–Kier alpha value is -0.560. The summed E-state index contributed by atoms with van der Waals surface area (Å²) < 4.78 is 0. The van der Waals surface area contributed by atoms with Crippen molar-refractivity contribution in [3.63, 3.8) is 0 Å². The number of hydrogen-bond donors (Lipinski definition) is 0. The highest BCUT2D eigenvalue weighted by Gasteiger charge is 2.45. The molecule has 2 rings (SSSR count). The number of alkyl halides is 1. The number of benzene rings is 1. The molecule has 0 bridgehead atoms. The molecule has 0 spiro atoms. The molecule has 0 saturated heterocycles. The molecule has 68 valence electrons. The quantitative estimate of drug-likeness (QED) is 0.555. The molecule has 0 aliphatic heterocycles. The van der Waals surface area contributed by atoms with Gasteiger partial charge in [-0.3, -0.25) is 0 Å². The van der Waals surface area contributed by atoms with Gasteiger partial charge < -0.3 is 0 Å². The van der Waals surface area contributed by atoms with Gasteiger partial charge in [0.15, 0.2) is 0 Å². The van der Waals surface area contributed by atoms with E-state index in [1.54, 1.807) is 0 Å². The number of hydrogen-bond acceptors (Lipinski definition) is 0. The summed E-state index contributed by atoms with van der Waals surface area (Å²) in [6.07, 6.45) is 2.53. The minimum absolute atomic E-state index is 0.310. The maximum atomic E-state index is 4.14. The van der Waals surface area contributed by atoms with Crippen LogP contribution in [0.2, 0.25) is 0 Å². The standard InChI is InChI=1S/C12H13Br/c1-10(9-13)12(7-8-12)11-5-3-2-4-6-11/h2-6H,1,7-9H2. The molecule has 0 N–H and O–H groups in total. The van der Waals surface area contributed by atoms with Crippen LogP contribution < -0.4 is 0 Å². The van der Waals surface area contributed by atoms with Crippen LogP contribution in [0, 0.1) is 0 Å². The van der Waals surface area contributed by atoms with Gasteiger partial charge in [0, 0.05) is 10.7 Å². The molecule has 0 aromatic heterocycles. The van der Waals surface area contributed by atoms with Crippen LogP contribution in [0.25, 0.3) is 0 Å². The Balaban J connectivity index is 2.31. The molecular weight excluding hydrogens is 224 g/mol. The highest BCUT2D eigenvalue weighted by molar-refractivity contribution is 9.09. The van der Waals surface area contributed by atoms with Crippen molar-refractivity contribution in [3.05, 3.63) is 48.0 Å². The molecule has 1 fully saturated rings. The SMILES string of the molecule is C=C(CBr)C1(c2ccccc2)CC1. The molecule has 1 heteroatoms. The summed E-state index contributed by atoms with van der Waals surface area (Å²) in [5.41, 5.74) is 3.06. The van der Waals surface area contributed by atoms with Crippen LogP contribution in [0.4, 0.5) is 0 Å². The molecular formula is C12H13Br. The maximum absolute atomic E-state index is 4.14. The Morgan fingerprint density at radius 1 is 1.31 bits per heavy atom. The third-order valence-electron chi connectivity index (χ3n) is 2.91. The topological polar surface area (TPSA) is 0 Å². The fraction of sp³-hybridized carbons (Fsp3) is 0.333. The summed E-state index contributed by atoms with van der Waals surface area (Å²) in [5, 5.41) is 0.919. The van der Waals surface area contributed by atoms with Crippen LogP contribution in [0.1, 0.15) is 18.4 Å². The molecule has 0 unspecified atom stereocenters. The second-order valence-corrected chi connectivity index (χ2v) is 4.25. The summed E-state index contributed by atoms with van der Waals surface area (Å²) in [5.74, 6) is 0. The van der Waals surface area contributed by atoms with E-state index in [4.69, 9.17) is 0 Å². The first kappa shape index (κ1) is 9.01. The van der Waals surface area contributed by atoms with Crippen LogP contribution in [0.15, 0.2) is 42.5 Å². The van der Waals surface area contributed by atoms with Gasteiger partial charge in [-0.1, -0.05) is 58.4 Å². The number of halogens is 1. The molecule has 0 amide bonds. The van der Waals surface area contributed by atoms with E-state index in [9.17, 15) is 0 Å². The van der Waals surface area contributed by atoms with Crippen molar-refractivity contribution < 1.29 is 0 Å². The first-order valence-electron chi connectivity index (χ1n) is 4.59. The van der Waals surface area contributed by atoms with Crippen molar-refractivity contribution in [2.75, 3.05) is 5.33 Å². The van der Waals surface area contributed by atoms with E-state index in [0.717, 1.165) is 5.33 Å². The van der Waals surface area contributed by atoms with Gasteiger partial charge in [0.1, 0.15) is 0 Å². The largest absolute Gasteiger partial charge is 0.0981 e. The minimum Gasteiger partial charge on any atom is -0.0981 e. The van der Waals surface area contributed by atoms with Crippen LogP contribution in [0.5, 0.6) is 0 Å². The second-order valence-electron chi connectivity index (χ2n) is 3.69. The second kappa shape index (κ2) is 3.30. The van der Waals surface area contributed by atoms with Crippen molar-refractivity contribution in [1.29, 1.82) is 0 Å². The van der Waals surface area contributed by atoms with Crippen molar-refractivity contribution in [1.82, 2.24) is 0 Å². The Labute approximate surface area is 87.8 Å². The predicted octanol–water partition coefficient (Wildman–Crippen LogP) is 3.67. The molecule has 1 saturated carbocycles. The molecule has 1 aliphatic carbocycles. The van der Waals surface area contributed by atoms with Gasteiger partial charge in [-0.2, -0.15) is 0 Å². The zero-order valence-electron chi connectivity index (χ0n) is 7.59. The molecule has 0 radical (unpaired) electrons. The molecule has 1 aliphatic rings. The molecule has 13 heavy (non-hydrogen) atoms. The average molecular weight is 237 g/mol. The van der Waals surface area contributed by atoms with Gasteiger partial charge in [-0.25, -0.2) is 0 Å². The van der Waals surface area contributed by atoms with Crippen molar-refractivity contribution in [2.24, 2.45) is 0 Å². The fourth-order valence-corrected chi connectivity index (χ4v) is 2.39. The van der Waals surface area contributed by atoms with Gasteiger partial charge in [0.25, 0.3) is 0 Å². The first-order chi connectivity index (χ1) is 6.29. The predicted molar refractivity (Wildman–Crippen MR) is 60.3 cm³/mol. The summed E-state index contributed by atoms with van der Waals surface area (Å²) in [4.78, 5) is 0. The van der Waals surface area contributed by atoms with Crippen molar-refractivity contribution in [2.45, 2.75) is 18.3 Å². The van der Waals surface area contributed by atoms with E-state index >= 15 is 0 Å². The highest BCUT2D eigenvalue weighted by Crippen LogP contribution is 2.53. The van der Waals surface area contributed by atoms with Gasteiger partial charge in [-0.15, -0.1) is 0 Å². The lowest BCUT2D eigenvalue weighted by Gasteiger charge is -2.16. The zero-order valence-corrected chi connectivity index (χ0v) is 9.18. The summed E-state index contributed by atoms with van der Waals surface area (Å²) in [6.45, 7) is 4.14. The summed E-state index contributed by atoms with van der Waals surface area (Å²) in [6, 6.07) is 10.7. The van der Waals surface area contributed by atoms with Gasteiger partial charge in [-0.05, 0) is 18.4 Å². The summed E-state index contributed by atoms with van der Waals surface area (Å²) in [7, 11) is 0. The smallest absolute Gasteiger partial charge is 0.0248 e. The van der Waals surface area contributed by atoms with E-state index in [-0.39, 0.29) is 0 Å². The third kappa shape index (κ3) is 1.46.